The standard InChI is InChI=1S/C12H15FN4OS/c1-2-17-11(18)15-16-12(17)19-10(7-14)8-5-3-4-6-9(8)13/h3-6,10H,2,7,14H2,1H3,(H,15,18). The number of hydrogen-bond donors (Lipinski definition) is 2. The molecule has 0 saturated carbocycles. The van der Waals surface area contributed by atoms with Gasteiger partial charge in [-0.2, -0.15) is 0 Å². The maximum atomic E-state index is 13.8. The summed E-state index contributed by atoms with van der Waals surface area (Å²) in [7, 11) is 0. The van der Waals surface area contributed by atoms with E-state index in [1.165, 1.54) is 22.4 Å². The number of thioether (sulfide) groups is 1. The van der Waals surface area contributed by atoms with Crippen molar-refractivity contribution in [3.63, 3.8) is 0 Å². The fourth-order valence-electron chi connectivity index (χ4n) is 1.77. The van der Waals surface area contributed by atoms with Gasteiger partial charge in [-0.25, -0.2) is 14.3 Å². The first-order chi connectivity index (χ1) is 9.17. The molecule has 1 aromatic carbocycles. The predicted molar refractivity (Wildman–Crippen MR) is 72.6 cm³/mol. The van der Waals surface area contributed by atoms with Crippen molar-refractivity contribution in [2.24, 2.45) is 5.73 Å². The van der Waals surface area contributed by atoms with Gasteiger partial charge in [-0.05, 0) is 13.0 Å². The zero-order chi connectivity index (χ0) is 13.8. The number of aromatic nitrogens is 3. The van der Waals surface area contributed by atoms with Crippen LogP contribution in [0, 0.1) is 5.82 Å². The molecule has 0 fully saturated rings. The lowest BCUT2D eigenvalue weighted by molar-refractivity contribution is 0.606. The highest BCUT2D eigenvalue weighted by Crippen LogP contribution is 2.33. The largest absolute Gasteiger partial charge is 0.343 e. The normalized spacial score (nSPS) is 12.6. The van der Waals surface area contributed by atoms with Crippen LogP contribution in [0.1, 0.15) is 17.7 Å². The quantitative estimate of drug-likeness (QED) is 0.815. The molecule has 0 aliphatic carbocycles. The van der Waals surface area contributed by atoms with Crippen molar-refractivity contribution in [2.45, 2.75) is 23.9 Å². The highest BCUT2D eigenvalue weighted by atomic mass is 32.2. The van der Waals surface area contributed by atoms with E-state index in [1.807, 2.05) is 6.92 Å². The Kier molecular flexibility index (Phi) is 4.39. The van der Waals surface area contributed by atoms with Crippen LogP contribution in [0.5, 0.6) is 0 Å². The fourth-order valence-corrected chi connectivity index (χ4v) is 2.88. The lowest BCUT2D eigenvalue weighted by Crippen LogP contribution is -2.17. The van der Waals surface area contributed by atoms with Gasteiger partial charge in [0.15, 0.2) is 5.16 Å². The number of aromatic amines is 1. The maximum absolute atomic E-state index is 13.8. The molecule has 1 heterocycles. The average molecular weight is 282 g/mol. The second kappa shape index (κ2) is 6.03. The molecule has 0 bridgehead atoms. The molecular formula is C12H15FN4OS. The van der Waals surface area contributed by atoms with Gasteiger partial charge in [-0.1, -0.05) is 30.0 Å². The van der Waals surface area contributed by atoms with Gasteiger partial charge in [0.2, 0.25) is 0 Å². The van der Waals surface area contributed by atoms with E-state index in [9.17, 15) is 9.18 Å². The molecule has 0 amide bonds. The molecule has 1 unspecified atom stereocenters. The Bertz CT molecular complexity index is 610. The van der Waals surface area contributed by atoms with E-state index in [0.717, 1.165) is 0 Å². The van der Waals surface area contributed by atoms with Gasteiger partial charge in [0.05, 0.1) is 5.25 Å². The molecule has 0 aliphatic rings. The number of hydrogen-bond acceptors (Lipinski definition) is 4. The van der Waals surface area contributed by atoms with E-state index in [-0.39, 0.29) is 23.3 Å². The zero-order valence-electron chi connectivity index (χ0n) is 10.5. The van der Waals surface area contributed by atoms with Gasteiger partial charge in [-0.15, -0.1) is 5.10 Å². The Labute approximate surface area is 114 Å². The Balaban J connectivity index is 2.29. The second-order valence-corrected chi connectivity index (χ2v) is 5.09. The molecule has 5 nitrogen and oxygen atoms in total. The first-order valence-electron chi connectivity index (χ1n) is 5.93. The van der Waals surface area contributed by atoms with E-state index in [1.54, 1.807) is 18.2 Å². The minimum absolute atomic E-state index is 0.260. The third-order valence-corrected chi connectivity index (χ3v) is 4.01. The molecule has 0 saturated heterocycles. The lowest BCUT2D eigenvalue weighted by Gasteiger charge is -2.14. The summed E-state index contributed by atoms with van der Waals surface area (Å²) in [5.74, 6) is -0.300. The average Bonchev–Trinajstić information content (AvgIpc) is 2.77. The van der Waals surface area contributed by atoms with Gasteiger partial charge in [0.25, 0.3) is 0 Å². The molecule has 3 N–H and O–H groups in total. The van der Waals surface area contributed by atoms with Crippen LogP contribution in [0.3, 0.4) is 0 Å². The highest BCUT2D eigenvalue weighted by Gasteiger charge is 2.19. The molecule has 2 aromatic rings. The summed E-state index contributed by atoms with van der Waals surface area (Å²) in [6.07, 6.45) is 0. The molecule has 0 radical (unpaired) electrons. The van der Waals surface area contributed by atoms with Crippen molar-refractivity contribution < 1.29 is 4.39 Å². The van der Waals surface area contributed by atoms with Gasteiger partial charge < -0.3 is 5.73 Å². The second-order valence-electron chi connectivity index (χ2n) is 3.92. The van der Waals surface area contributed by atoms with Crippen molar-refractivity contribution in [1.29, 1.82) is 0 Å². The zero-order valence-corrected chi connectivity index (χ0v) is 11.3. The number of halogens is 1. The van der Waals surface area contributed by atoms with E-state index < -0.39 is 0 Å². The predicted octanol–water partition coefficient (Wildman–Crippen LogP) is 1.52. The third-order valence-electron chi connectivity index (χ3n) is 2.75. The van der Waals surface area contributed by atoms with Crippen LogP contribution in [0.2, 0.25) is 0 Å². The summed E-state index contributed by atoms with van der Waals surface area (Å²) >= 11 is 1.28. The topological polar surface area (TPSA) is 76.7 Å². The van der Waals surface area contributed by atoms with Crippen molar-refractivity contribution in [2.75, 3.05) is 6.54 Å². The molecule has 2 rings (SSSR count). The van der Waals surface area contributed by atoms with Crippen molar-refractivity contribution in [3.05, 3.63) is 46.1 Å². The molecule has 1 atom stereocenters. The lowest BCUT2D eigenvalue weighted by atomic mass is 10.1. The minimum atomic E-state index is -0.300. The van der Waals surface area contributed by atoms with Crippen LogP contribution in [-0.4, -0.2) is 21.3 Å². The number of nitrogens with one attached hydrogen (secondary N) is 1. The number of rotatable bonds is 5. The molecule has 0 aliphatic heterocycles. The third kappa shape index (κ3) is 2.87. The van der Waals surface area contributed by atoms with E-state index in [4.69, 9.17) is 5.73 Å². The summed E-state index contributed by atoms with van der Waals surface area (Å²) in [4.78, 5) is 11.5. The van der Waals surface area contributed by atoms with Crippen molar-refractivity contribution in [3.8, 4) is 0 Å². The fraction of sp³-hybridized carbons (Fsp3) is 0.333. The number of H-pyrrole nitrogens is 1. The Morgan fingerprint density at radius 3 is 2.89 bits per heavy atom. The number of nitrogens with two attached hydrogens (primary N) is 1. The smallest absolute Gasteiger partial charge is 0.329 e. The Morgan fingerprint density at radius 2 is 2.26 bits per heavy atom. The Morgan fingerprint density at radius 1 is 1.53 bits per heavy atom. The van der Waals surface area contributed by atoms with Crippen LogP contribution in [0.15, 0.2) is 34.2 Å². The van der Waals surface area contributed by atoms with Crippen LogP contribution in [0.4, 0.5) is 4.39 Å². The molecule has 1 aromatic heterocycles. The van der Waals surface area contributed by atoms with Crippen LogP contribution in [-0.2, 0) is 6.54 Å². The summed E-state index contributed by atoms with van der Waals surface area (Å²) < 4.78 is 15.2. The maximum Gasteiger partial charge on any atom is 0.343 e. The molecule has 7 heteroatoms. The molecular weight excluding hydrogens is 267 g/mol. The first kappa shape index (κ1) is 13.8. The molecule has 19 heavy (non-hydrogen) atoms. The van der Waals surface area contributed by atoms with Gasteiger partial charge in [-0.3, -0.25) is 4.57 Å². The monoisotopic (exact) mass is 282 g/mol. The van der Waals surface area contributed by atoms with E-state index in [2.05, 4.69) is 10.2 Å². The summed E-state index contributed by atoms with van der Waals surface area (Å²) in [5, 5.41) is 6.57. The SMILES string of the molecule is CCn1c(SC(CN)c2ccccc2F)n[nH]c1=O. The van der Waals surface area contributed by atoms with Crippen molar-refractivity contribution >= 4 is 11.8 Å². The minimum Gasteiger partial charge on any atom is -0.329 e. The summed E-state index contributed by atoms with van der Waals surface area (Å²) in [6, 6.07) is 6.49. The molecule has 0 spiro atoms. The Hall–Kier alpha value is -1.60. The van der Waals surface area contributed by atoms with Crippen LogP contribution in [0.25, 0.3) is 0 Å². The van der Waals surface area contributed by atoms with E-state index in [0.29, 0.717) is 17.3 Å². The summed E-state index contributed by atoms with van der Waals surface area (Å²) in [6.45, 7) is 2.62. The number of nitrogens with zero attached hydrogens (tertiary/aromatic N) is 2. The van der Waals surface area contributed by atoms with Gasteiger partial charge in [0.1, 0.15) is 5.82 Å². The summed E-state index contributed by atoms with van der Waals surface area (Å²) in [5.41, 5.74) is 5.96. The van der Waals surface area contributed by atoms with E-state index >= 15 is 0 Å². The van der Waals surface area contributed by atoms with Crippen LogP contribution >= 0.6 is 11.8 Å². The van der Waals surface area contributed by atoms with Gasteiger partial charge >= 0.3 is 5.69 Å². The highest BCUT2D eigenvalue weighted by molar-refractivity contribution is 7.99. The van der Waals surface area contributed by atoms with Gasteiger partial charge in [0, 0.05) is 18.7 Å². The van der Waals surface area contributed by atoms with Crippen LogP contribution < -0.4 is 11.4 Å². The first-order valence-corrected chi connectivity index (χ1v) is 6.81. The molecule has 102 valence electrons. The van der Waals surface area contributed by atoms with Crippen molar-refractivity contribution in [1.82, 2.24) is 14.8 Å². The number of benzene rings is 1.